The van der Waals surface area contributed by atoms with Gasteiger partial charge in [-0.1, -0.05) is 24.3 Å². The van der Waals surface area contributed by atoms with Gasteiger partial charge >= 0.3 is 0 Å². The van der Waals surface area contributed by atoms with E-state index in [1.54, 1.807) is 24.3 Å². The van der Waals surface area contributed by atoms with Crippen molar-refractivity contribution in [1.29, 1.82) is 5.26 Å². The van der Waals surface area contributed by atoms with Gasteiger partial charge in [-0.15, -0.1) is 0 Å². The summed E-state index contributed by atoms with van der Waals surface area (Å²) >= 11 is 1.28. The Bertz CT molecular complexity index is 836. The van der Waals surface area contributed by atoms with Crippen LogP contribution in [-0.4, -0.2) is 15.9 Å². The first kappa shape index (κ1) is 15.1. The minimum absolute atomic E-state index is 0.227. The highest BCUT2D eigenvalue weighted by Crippen LogP contribution is 2.21. The van der Waals surface area contributed by atoms with Crippen LogP contribution in [0.15, 0.2) is 48.5 Å². The van der Waals surface area contributed by atoms with Crippen LogP contribution < -0.4 is 5.32 Å². The summed E-state index contributed by atoms with van der Waals surface area (Å²) in [5.41, 5.74) is 2.47. The lowest BCUT2D eigenvalue weighted by atomic mass is 10.1. The molecule has 114 valence electrons. The van der Waals surface area contributed by atoms with Crippen molar-refractivity contribution in [2.45, 2.75) is 6.42 Å². The molecular weight excluding hydrogens is 311 g/mol. The highest BCUT2D eigenvalue weighted by Gasteiger charge is 2.07. The maximum Gasteiger partial charge on any atom is 0.202 e. The van der Waals surface area contributed by atoms with Crippen LogP contribution in [0.25, 0.3) is 11.4 Å². The first-order valence-electron chi connectivity index (χ1n) is 7.07. The van der Waals surface area contributed by atoms with Gasteiger partial charge in [0.25, 0.3) is 0 Å². The molecule has 6 heteroatoms. The van der Waals surface area contributed by atoms with Gasteiger partial charge in [-0.25, -0.2) is 4.39 Å². The molecule has 0 atom stereocenters. The monoisotopic (exact) mass is 324 g/mol. The standard InChI is InChI=1S/C17H13FN4S/c18-15-6-4-12(5-7-15)8-9-20-17-21-16(22-23-17)14-3-1-2-13(10-14)11-19/h1-7,10H,8-9H2,(H,20,21,22). The molecule has 0 spiro atoms. The summed E-state index contributed by atoms with van der Waals surface area (Å²) in [6.07, 6.45) is 0.777. The van der Waals surface area contributed by atoms with Crippen LogP contribution in [-0.2, 0) is 6.42 Å². The summed E-state index contributed by atoms with van der Waals surface area (Å²) in [7, 11) is 0. The van der Waals surface area contributed by atoms with Gasteiger partial charge in [0.1, 0.15) is 5.82 Å². The van der Waals surface area contributed by atoms with Crippen molar-refractivity contribution in [1.82, 2.24) is 9.36 Å². The molecule has 1 heterocycles. The van der Waals surface area contributed by atoms with Gasteiger partial charge in [0.05, 0.1) is 11.6 Å². The summed E-state index contributed by atoms with van der Waals surface area (Å²) in [6, 6.07) is 15.8. The highest BCUT2D eigenvalue weighted by molar-refractivity contribution is 7.09. The van der Waals surface area contributed by atoms with E-state index in [1.807, 2.05) is 12.1 Å². The van der Waals surface area contributed by atoms with Gasteiger partial charge in [0.15, 0.2) is 5.82 Å². The molecule has 0 aliphatic heterocycles. The molecule has 0 unspecified atom stereocenters. The third kappa shape index (κ3) is 3.90. The number of nitriles is 1. The lowest BCUT2D eigenvalue weighted by Gasteiger charge is -2.02. The quantitative estimate of drug-likeness (QED) is 0.774. The van der Waals surface area contributed by atoms with E-state index in [-0.39, 0.29) is 5.82 Å². The number of halogens is 1. The fraction of sp³-hybridized carbons (Fsp3) is 0.118. The van der Waals surface area contributed by atoms with E-state index in [1.165, 1.54) is 23.7 Å². The summed E-state index contributed by atoms with van der Waals surface area (Å²) in [5.74, 6) is 0.381. The van der Waals surface area contributed by atoms with Crippen LogP contribution in [0.4, 0.5) is 9.52 Å². The molecule has 0 fully saturated rings. The largest absolute Gasteiger partial charge is 0.360 e. The van der Waals surface area contributed by atoms with Gasteiger partial charge in [-0.05, 0) is 36.2 Å². The van der Waals surface area contributed by atoms with Gasteiger partial charge in [-0.3, -0.25) is 0 Å². The maximum absolute atomic E-state index is 12.8. The second-order valence-electron chi connectivity index (χ2n) is 4.92. The Morgan fingerprint density at radius 1 is 1.17 bits per heavy atom. The zero-order valence-corrected chi connectivity index (χ0v) is 13.0. The first-order chi connectivity index (χ1) is 11.2. The normalized spacial score (nSPS) is 10.3. The molecule has 0 bridgehead atoms. The van der Waals surface area contributed by atoms with Gasteiger partial charge in [0, 0.05) is 23.6 Å². The minimum atomic E-state index is -0.227. The Hall–Kier alpha value is -2.78. The SMILES string of the molecule is N#Cc1cccc(-c2nsc(NCCc3ccc(F)cc3)n2)c1. The number of nitrogens with one attached hydrogen (secondary N) is 1. The molecule has 3 rings (SSSR count). The molecule has 1 N–H and O–H groups in total. The third-order valence-electron chi connectivity index (χ3n) is 3.28. The molecule has 3 aromatic rings. The van der Waals surface area contributed by atoms with E-state index >= 15 is 0 Å². The summed E-state index contributed by atoms with van der Waals surface area (Å²) in [6.45, 7) is 0.693. The fourth-order valence-electron chi connectivity index (χ4n) is 2.11. The van der Waals surface area contributed by atoms with Crippen molar-refractivity contribution < 1.29 is 4.39 Å². The molecule has 0 saturated heterocycles. The number of nitrogens with zero attached hydrogens (tertiary/aromatic N) is 3. The number of benzene rings is 2. The Morgan fingerprint density at radius 3 is 2.78 bits per heavy atom. The van der Waals surface area contributed by atoms with Crippen molar-refractivity contribution in [2.75, 3.05) is 11.9 Å². The van der Waals surface area contributed by atoms with Crippen molar-refractivity contribution in [3.05, 3.63) is 65.5 Å². The first-order valence-corrected chi connectivity index (χ1v) is 7.84. The Kier molecular flexibility index (Phi) is 4.60. The van der Waals surface area contributed by atoms with Gasteiger partial charge < -0.3 is 5.32 Å². The number of hydrogen-bond acceptors (Lipinski definition) is 5. The lowest BCUT2D eigenvalue weighted by molar-refractivity contribution is 0.627. The van der Waals surface area contributed by atoms with Gasteiger partial charge in [-0.2, -0.15) is 14.6 Å². The third-order valence-corrected chi connectivity index (χ3v) is 3.95. The van der Waals surface area contributed by atoms with E-state index in [0.29, 0.717) is 17.9 Å². The zero-order valence-electron chi connectivity index (χ0n) is 12.2. The second-order valence-corrected chi connectivity index (χ2v) is 5.67. The molecule has 1 aromatic heterocycles. The van der Waals surface area contributed by atoms with E-state index in [9.17, 15) is 4.39 Å². The Balaban J connectivity index is 1.61. The van der Waals surface area contributed by atoms with Gasteiger partial charge in [0.2, 0.25) is 5.13 Å². The molecule has 4 nitrogen and oxygen atoms in total. The molecule has 0 radical (unpaired) electrons. The maximum atomic E-state index is 12.8. The summed E-state index contributed by atoms with van der Waals surface area (Å²) in [4.78, 5) is 4.43. The highest BCUT2D eigenvalue weighted by atomic mass is 32.1. The van der Waals surface area contributed by atoms with Crippen LogP contribution in [0.2, 0.25) is 0 Å². The number of aromatic nitrogens is 2. The van der Waals surface area contributed by atoms with Crippen molar-refractivity contribution >= 4 is 16.7 Å². The average Bonchev–Trinajstić information content (AvgIpc) is 3.06. The minimum Gasteiger partial charge on any atom is -0.360 e. The van der Waals surface area contributed by atoms with Crippen molar-refractivity contribution in [2.24, 2.45) is 0 Å². The molecule has 23 heavy (non-hydrogen) atoms. The van der Waals surface area contributed by atoms with Crippen LogP contribution >= 0.6 is 11.5 Å². The predicted octanol–water partition coefficient (Wildman–Crippen LogP) is 3.87. The van der Waals surface area contributed by atoms with Crippen LogP contribution in [0.1, 0.15) is 11.1 Å². The van der Waals surface area contributed by atoms with Crippen LogP contribution in [0.5, 0.6) is 0 Å². The van der Waals surface area contributed by atoms with Crippen molar-refractivity contribution in [3.63, 3.8) is 0 Å². The number of rotatable bonds is 5. The zero-order chi connectivity index (χ0) is 16.1. The Morgan fingerprint density at radius 2 is 2.00 bits per heavy atom. The van der Waals surface area contributed by atoms with Crippen molar-refractivity contribution in [3.8, 4) is 17.5 Å². The predicted molar refractivity (Wildman–Crippen MR) is 88.7 cm³/mol. The molecular formula is C17H13FN4S. The topological polar surface area (TPSA) is 61.6 Å². The average molecular weight is 324 g/mol. The molecule has 0 aliphatic rings. The molecule has 0 amide bonds. The second kappa shape index (κ2) is 6.99. The van der Waals surface area contributed by atoms with E-state index < -0.39 is 0 Å². The Labute approximate surface area is 137 Å². The van der Waals surface area contributed by atoms with E-state index in [0.717, 1.165) is 22.7 Å². The van der Waals surface area contributed by atoms with E-state index in [4.69, 9.17) is 5.26 Å². The molecule has 2 aromatic carbocycles. The number of hydrogen-bond donors (Lipinski definition) is 1. The molecule has 0 saturated carbocycles. The fourth-order valence-corrected chi connectivity index (χ4v) is 2.72. The lowest BCUT2D eigenvalue weighted by Crippen LogP contribution is -2.04. The van der Waals surface area contributed by atoms with E-state index in [2.05, 4.69) is 20.7 Å². The number of anilines is 1. The summed E-state index contributed by atoms with van der Waals surface area (Å²) in [5, 5.41) is 12.9. The summed E-state index contributed by atoms with van der Waals surface area (Å²) < 4.78 is 17.1. The smallest absolute Gasteiger partial charge is 0.202 e. The van der Waals surface area contributed by atoms with Crippen LogP contribution in [0.3, 0.4) is 0 Å². The molecule has 0 aliphatic carbocycles. The van der Waals surface area contributed by atoms with Crippen LogP contribution in [0, 0.1) is 17.1 Å².